The summed E-state index contributed by atoms with van der Waals surface area (Å²) in [5, 5.41) is 3.15. The van der Waals surface area contributed by atoms with Crippen molar-refractivity contribution in [1.29, 1.82) is 0 Å². The van der Waals surface area contributed by atoms with Crippen LogP contribution in [0.15, 0.2) is 58.3 Å². The Morgan fingerprint density at radius 1 is 1.15 bits per heavy atom. The van der Waals surface area contributed by atoms with Gasteiger partial charge >= 0.3 is 0 Å². The lowest BCUT2D eigenvalue weighted by atomic mass is 10.0. The van der Waals surface area contributed by atoms with Gasteiger partial charge in [0, 0.05) is 35.7 Å². The molecule has 0 aliphatic carbocycles. The van der Waals surface area contributed by atoms with E-state index in [1.165, 1.54) is 0 Å². The average molecular weight is 513 g/mol. The molecule has 7 heteroatoms. The zero-order valence-corrected chi connectivity index (χ0v) is 20.6. The SMILES string of the molecule is CC(C)=C1Oc2cccc(OCCCN3CCC(NC(=O)c4ccc(Br)cc4)CC3)c2C1=O. The summed E-state index contributed by atoms with van der Waals surface area (Å²) >= 11 is 3.39. The molecule has 0 radical (unpaired) electrons. The Morgan fingerprint density at radius 2 is 1.88 bits per heavy atom. The lowest BCUT2D eigenvalue weighted by Gasteiger charge is -2.32. The zero-order valence-electron chi connectivity index (χ0n) is 19.0. The molecule has 1 saturated heterocycles. The van der Waals surface area contributed by atoms with Crippen LogP contribution in [0.4, 0.5) is 0 Å². The van der Waals surface area contributed by atoms with Crippen molar-refractivity contribution in [3.63, 3.8) is 0 Å². The summed E-state index contributed by atoms with van der Waals surface area (Å²) < 4.78 is 12.6. The first-order valence-corrected chi connectivity index (χ1v) is 12.2. The molecule has 0 atom stereocenters. The Labute approximate surface area is 203 Å². The number of piperidine rings is 1. The number of halogens is 1. The maximum atomic E-state index is 12.6. The van der Waals surface area contributed by atoms with Crippen LogP contribution in [0, 0.1) is 0 Å². The third-order valence-corrected chi connectivity index (χ3v) is 6.52. The molecule has 0 bridgehead atoms. The van der Waals surface area contributed by atoms with Gasteiger partial charge in [-0.15, -0.1) is 0 Å². The number of nitrogens with one attached hydrogen (secondary N) is 1. The van der Waals surface area contributed by atoms with Crippen LogP contribution in [0.2, 0.25) is 0 Å². The minimum absolute atomic E-state index is 0.0143. The molecular formula is C26H29BrN2O4. The molecule has 0 unspecified atom stereocenters. The summed E-state index contributed by atoms with van der Waals surface area (Å²) in [5.41, 5.74) is 2.07. The number of carbonyl (C=O) groups is 2. The number of fused-ring (bicyclic) bond motifs is 1. The molecule has 6 nitrogen and oxygen atoms in total. The van der Waals surface area contributed by atoms with Gasteiger partial charge < -0.3 is 19.7 Å². The standard InChI is InChI=1S/C26H29BrN2O4/c1-17(2)25-24(30)23-21(5-3-6-22(23)33-25)32-16-4-13-29-14-11-20(12-15-29)28-26(31)18-7-9-19(27)10-8-18/h3,5-10,20H,4,11-16H2,1-2H3,(H,28,31). The van der Waals surface area contributed by atoms with Gasteiger partial charge in [-0.25, -0.2) is 0 Å². The number of amides is 1. The lowest BCUT2D eigenvalue weighted by Crippen LogP contribution is -2.45. The second kappa shape index (κ2) is 10.5. The molecule has 2 aliphatic rings. The highest BCUT2D eigenvalue weighted by Crippen LogP contribution is 2.38. The number of hydrogen-bond donors (Lipinski definition) is 1. The van der Waals surface area contributed by atoms with E-state index < -0.39 is 0 Å². The van der Waals surface area contributed by atoms with Crippen molar-refractivity contribution in [3.8, 4) is 11.5 Å². The maximum Gasteiger partial charge on any atom is 0.251 e. The number of likely N-dealkylation sites (tertiary alicyclic amines) is 1. The second-order valence-electron chi connectivity index (χ2n) is 8.69. The van der Waals surface area contributed by atoms with E-state index in [-0.39, 0.29) is 17.7 Å². The predicted molar refractivity (Wildman–Crippen MR) is 131 cm³/mol. The lowest BCUT2D eigenvalue weighted by molar-refractivity contribution is 0.0909. The quantitative estimate of drug-likeness (QED) is 0.418. The summed E-state index contributed by atoms with van der Waals surface area (Å²) in [6.07, 6.45) is 2.74. The molecule has 0 spiro atoms. The van der Waals surface area contributed by atoms with Crippen LogP contribution < -0.4 is 14.8 Å². The van der Waals surface area contributed by atoms with Crippen LogP contribution in [0.1, 0.15) is 53.8 Å². The van der Waals surface area contributed by atoms with E-state index in [1.54, 1.807) is 6.07 Å². The van der Waals surface area contributed by atoms with E-state index in [4.69, 9.17) is 9.47 Å². The number of carbonyl (C=O) groups excluding carboxylic acids is 2. The van der Waals surface area contributed by atoms with E-state index in [9.17, 15) is 9.59 Å². The average Bonchev–Trinajstić information content (AvgIpc) is 3.16. The molecule has 1 fully saturated rings. The second-order valence-corrected chi connectivity index (χ2v) is 9.60. The van der Waals surface area contributed by atoms with Gasteiger partial charge in [-0.3, -0.25) is 9.59 Å². The van der Waals surface area contributed by atoms with E-state index in [2.05, 4.69) is 26.1 Å². The molecular weight excluding hydrogens is 484 g/mol. The third-order valence-electron chi connectivity index (χ3n) is 5.99. The Balaban J connectivity index is 1.20. The number of ketones is 1. The smallest absolute Gasteiger partial charge is 0.251 e. The summed E-state index contributed by atoms with van der Waals surface area (Å²) in [4.78, 5) is 27.5. The summed E-state index contributed by atoms with van der Waals surface area (Å²) in [7, 11) is 0. The molecule has 1 N–H and O–H groups in total. The normalized spacial score (nSPS) is 16.3. The van der Waals surface area contributed by atoms with Gasteiger partial charge in [0.15, 0.2) is 5.76 Å². The molecule has 0 saturated carbocycles. The maximum absolute atomic E-state index is 12.6. The van der Waals surface area contributed by atoms with Crippen LogP contribution in [0.3, 0.4) is 0 Å². The van der Waals surface area contributed by atoms with E-state index in [1.807, 2.05) is 50.2 Å². The van der Waals surface area contributed by atoms with Gasteiger partial charge in [0.2, 0.25) is 5.78 Å². The Bertz CT molecular complexity index is 1050. The Kier molecular flexibility index (Phi) is 7.50. The number of Topliss-reactive ketones (excluding diaryl/α,β-unsaturated/α-hetero) is 1. The van der Waals surface area contributed by atoms with Crippen LogP contribution in [-0.4, -0.2) is 48.9 Å². The minimum atomic E-state index is -0.104. The van der Waals surface area contributed by atoms with Gasteiger partial charge in [-0.05, 0) is 75.1 Å². The number of nitrogens with zero attached hydrogens (tertiary/aromatic N) is 1. The first-order chi connectivity index (χ1) is 15.9. The van der Waals surface area contributed by atoms with Crippen LogP contribution in [-0.2, 0) is 0 Å². The molecule has 4 rings (SSSR count). The number of hydrogen-bond acceptors (Lipinski definition) is 5. The van der Waals surface area contributed by atoms with Crippen molar-refractivity contribution < 1.29 is 19.1 Å². The summed E-state index contributed by atoms with van der Waals surface area (Å²) in [5.74, 6) is 1.44. The first kappa shape index (κ1) is 23.5. The highest BCUT2D eigenvalue weighted by molar-refractivity contribution is 9.10. The van der Waals surface area contributed by atoms with Crippen molar-refractivity contribution in [2.24, 2.45) is 0 Å². The Morgan fingerprint density at radius 3 is 2.58 bits per heavy atom. The predicted octanol–water partition coefficient (Wildman–Crippen LogP) is 4.98. The highest BCUT2D eigenvalue weighted by atomic mass is 79.9. The van der Waals surface area contributed by atoms with E-state index in [0.717, 1.165) is 48.9 Å². The van der Waals surface area contributed by atoms with Crippen molar-refractivity contribution in [2.75, 3.05) is 26.2 Å². The van der Waals surface area contributed by atoms with Crippen LogP contribution >= 0.6 is 15.9 Å². The fraction of sp³-hybridized carbons (Fsp3) is 0.385. The highest BCUT2D eigenvalue weighted by Gasteiger charge is 2.31. The molecule has 33 heavy (non-hydrogen) atoms. The largest absolute Gasteiger partial charge is 0.493 e. The van der Waals surface area contributed by atoms with Gasteiger partial charge in [-0.1, -0.05) is 22.0 Å². The number of rotatable bonds is 7. The molecule has 2 heterocycles. The molecule has 2 aliphatic heterocycles. The van der Waals surface area contributed by atoms with Crippen molar-refractivity contribution in [3.05, 3.63) is 69.4 Å². The van der Waals surface area contributed by atoms with Crippen molar-refractivity contribution >= 4 is 27.6 Å². The van der Waals surface area contributed by atoms with E-state index >= 15 is 0 Å². The van der Waals surface area contributed by atoms with Crippen LogP contribution in [0.25, 0.3) is 0 Å². The molecule has 2 aromatic carbocycles. The molecule has 0 aromatic heterocycles. The third kappa shape index (κ3) is 5.65. The van der Waals surface area contributed by atoms with E-state index in [0.29, 0.717) is 35.0 Å². The van der Waals surface area contributed by atoms with Gasteiger partial charge in [0.25, 0.3) is 5.91 Å². The topological polar surface area (TPSA) is 67.9 Å². The van der Waals surface area contributed by atoms with Crippen molar-refractivity contribution in [2.45, 2.75) is 39.2 Å². The van der Waals surface area contributed by atoms with Crippen molar-refractivity contribution in [1.82, 2.24) is 10.2 Å². The fourth-order valence-electron chi connectivity index (χ4n) is 4.18. The summed E-state index contributed by atoms with van der Waals surface area (Å²) in [6, 6.07) is 13.1. The van der Waals surface area contributed by atoms with Gasteiger partial charge in [0.1, 0.15) is 17.1 Å². The summed E-state index contributed by atoms with van der Waals surface area (Å²) in [6.45, 7) is 7.09. The molecule has 174 valence electrons. The van der Waals surface area contributed by atoms with Crippen LogP contribution in [0.5, 0.6) is 11.5 Å². The fourth-order valence-corrected chi connectivity index (χ4v) is 4.44. The minimum Gasteiger partial charge on any atom is -0.493 e. The first-order valence-electron chi connectivity index (χ1n) is 11.4. The number of benzene rings is 2. The number of allylic oxidation sites excluding steroid dienone is 2. The number of ether oxygens (including phenoxy) is 2. The zero-order chi connectivity index (χ0) is 23.4. The Hall–Kier alpha value is -2.64. The molecule has 1 amide bonds. The molecule has 2 aromatic rings. The van der Waals surface area contributed by atoms with Gasteiger partial charge in [-0.2, -0.15) is 0 Å². The van der Waals surface area contributed by atoms with Gasteiger partial charge in [0.05, 0.1) is 6.61 Å². The monoisotopic (exact) mass is 512 g/mol.